The molecule has 0 heterocycles. The number of nitrogens with two attached hydrogens (primary N) is 1. The van der Waals surface area contributed by atoms with Crippen LogP contribution in [0.1, 0.15) is 2.85 Å². The zero-order valence-electron chi connectivity index (χ0n) is 5.02. The van der Waals surface area contributed by atoms with E-state index in [0.717, 1.165) is 0 Å². The Hall–Kier alpha value is 0.921. The first-order valence-corrected chi connectivity index (χ1v) is 1.00. The Morgan fingerprint density at radius 1 is 1.80 bits per heavy atom. The van der Waals surface area contributed by atoms with E-state index in [2.05, 4.69) is 0 Å². The normalized spacial score (nSPS) is 4.20. The first-order valence-electron chi connectivity index (χ1n) is 1.00. The molecule has 0 saturated heterocycles. The summed E-state index contributed by atoms with van der Waals surface area (Å²) in [5.74, 6) is 0. The minimum absolute atomic E-state index is 0. The van der Waals surface area contributed by atoms with Gasteiger partial charge >= 0.3 is 23.1 Å². The third kappa shape index (κ3) is 11.4. The Bertz CT molecular complexity index is 14.9. The molecular formula is H4B3MgN. The van der Waals surface area contributed by atoms with Gasteiger partial charge in [-0.25, -0.2) is 0 Å². The zero-order valence-corrected chi connectivity index (χ0v) is 4.43. The minimum atomic E-state index is 0. The molecule has 0 aliphatic rings. The summed E-state index contributed by atoms with van der Waals surface area (Å²) in [6.45, 7) is 0. The van der Waals surface area contributed by atoms with Crippen LogP contribution in [-0.4, -0.2) is 45.2 Å². The van der Waals surface area contributed by atoms with E-state index in [1.807, 2.05) is 0 Å². The maximum atomic E-state index is 4.72. The second kappa shape index (κ2) is 8.87. The van der Waals surface area contributed by atoms with Gasteiger partial charge in [0.05, 0.1) is 0 Å². The van der Waals surface area contributed by atoms with Crippen molar-refractivity contribution in [1.82, 2.24) is 0 Å². The molecule has 0 aromatic heterocycles. The van der Waals surface area contributed by atoms with Crippen LogP contribution in [0.5, 0.6) is 0 Å². The predicted molar refractivity (Wildman–Crippen MR) is 29.4 cm³/mol. The predicted octanol–water partition coefficient (Wildman–Crippen LogP) is -1.89. The third-order valence-electron chi connectivity index (χ3n) is 0.111. The summed E-state index contributed by atoms with van der Waals surface area (Å²) in [5, 5.41) is 0. The fraction of sp³-hybridized carbons (Fsp3) is 0. The van der Waals surface area contributed by atoms with E-state index in [1.54, 1.807) is 0 Å². The average molecular weight is 74.8 g/mol. The van der Waals surface area contributed by atoms with E-state index in [9.17, 15) is 0 Å². The Balaban J connectivity index is -0.0000000150. The minimum Gasteiger partial charge on any atom is -1.00 e. The van der Waals surface area contributed by atoms with Gasteiger partial charge in [0.15, 0.2) is 0 Å². The van der Waals surface area contributed by atoms with Crippen molar-refractivity contribution < 1.29 is 2.85 Å². The zero-order chi connectivity index (χ0) is 3.41. The summed E-state index contributed by atoms with van der Waals surface area (Å²) < 4.78 is 0. The standard InChI is InChI=1S/B3H2N.Mg.2H/c1-2-3-4;;;/h4H2;;;/q;+2;2*-1. The number of hydrogen-bond acceptors (Lipinski definition) is 1. The molecule has 5 heteroatoms. The van der Waals surface area contributed by atoms with Gasteiger partial charge in [-0.2, -0.15) is 0 Å². The molecular weight excluding hydrogens is 70.7 g/mol. The van der Waals surface area contributed by atoms with Gasteiger partial charge in [-0.1, -0.05) is 0 Å². The van der Waals surface area contributed by atoms with Crippen molar-refractivity contribution in [3.8, 4) is 0 Å². The first kappa shape index (κ1) is 9.33. The van der Waals surface area contributed by atoms with Crippen molar-refractivity contribution in [2.24, 2.45) is 5.64 Å². The van der Waals surface area contributed by atoms with Gasteiger partial charge in [0.1, 0.15) is 7.31 Å². The second-order valence-electron chi connectivity index (χ2n) is 0.385. The van der Waals surface area contributed by atoms with Crippen LogP contribution in [0, 0.1) is 0 Å². The quantitative estimate of drug-likeness (QED) is 0.362. The molecule has 2 N–H and O–H groups in total. The van der Waals surface area contributed by atoms with Crippen molar-refractivity contribution in [1.29, 1.82) is 0 Å². The Morgan fingerprint density at radius 2 is 2.00 bits per heavy atom. The summed E-state index contributed by atoms with van der Waals surface area (Å²) in [5.41, 5.74) is 4.72. The molecule has 20 valence electrons. The summed E-state index contributed by atoms with van der Waals surface area (Å²) in [6, 6.07) is 0. The van der Waals surface area contributed by atoms with Crippen LogP contribution in [0.25, 0.3) is 0 Å². The molecule has 1 nitrogen and oxygen atoms in total. The molecule has 0 amide bonds. The fourth-order valence-corrected chi connectivity index (χ4v) is 0. The van der Waals surface area contributed by atoms with Gasteiger partial charge in [-0.05, 0) is 0 Å². The molecule has 0 aromatic carbocycles. The van der Waals surface area contributed by atoms with Gasteiger partial charge in [0, 0.05) is 14.8 Å². The van der Waals surface area contributed by atoms with Crippen LogP contribution in [0.15, 0.2) is 0 Å². The van der Waals surface area contributed by atoms with Crippen molar-refractivity contribution in [3.05, 3.63) is 0 Å². The molecule has 0 saturated carbocycles. The number of hydrogen-bond donors (Lipinski definition) is 1. The average Bonchev–Trinajstić information content (AvgIpc) is 1.37. The Morgan fingerprint density at radius 3 is 2.00 bits per heavy atom. The van der Waals surface area contributed by atoms with Gasteiger partial charge < -0.3 is 8.50 Å². The molecule has 0 aliphatic heterocycles. The van der Waals surface area contributed by atoms with Crippen molar-refractivity contribution in [2.75, 3.05) is 0 Å². The van der Waals surface area contributed by atoms with Gasteiger partial charge in [0.25, 0.3) is 0 Å². The van der Waals surface area contributed by atoms with Crippen LogP contribution in [0.4, 0.5) is 0 Å². The monoisotopic (exact) mass is 75.0 g/mol. The topological polar surface area (TPSA) is 26.0 Å². The fourth-order valence-electron chi connectivity index (χ4n) is 0. The molecule has 0 aromatic rings. The molecule has 0 spiro atoms. The summed E-state index contributed by atoms with van der Waals surface area (Å²) in [4.78, 5) is 0. The van der Waals surface area contributed by atoms with Gasteiger partial charge in [-0.3, -0.25) is 0 Å². The third-order valence-corrected chi connectivity index (χ3v) is 0.111. The molecule has 0 bridgehead atoms. The maximum Gasteiger partial charge on any atom is 2.00 e. The molecule has 0 unspecified atom stereocenters. The van der Waals surface area contributed by atoms with Gasteiger partial charge in [0.2, 0.25) is 0 Å². The van der Waals surface area contributed by atoms with E-state index in [-0.39, 0.29) is 25.9 Å². The second-order valence-corrected chi connectivity index (χ2v) is 0.385. The maximum absolute atomic E-state index is 4.72. The van der Waals surface area contributed by atoms with Crippen molar-refractivity contribution >= 4 is 45.2 Å². The summed E-state index contributed by atoms with van der Waals surface area (Å²) in [7, 11) is 7.28. The smallest absolute Gasteiger partial charge is 1.00 e. The van der Waals surface area contributed by atoms with E-state index >= 15 is 0 Å². The molecule has 5 heavy (non-hydrogen) atoms. The molecule has 4 radical (unpaired) electrons. The van der Waals surface area contributed by atoms with Crippen molar-refractivity contribution in [3.63, 3.8) is 0 Å². The van der Waals surface area contributed by atoms with Crippen LogP contribution in [-0.2, 0) is 0 Å². The number of rotatable bonds is 1. The van der Waals surface area contributed by atoms with Crippen LogP contribution in [0.3, 0.4) is 0 Å². The Kier molecular flexibility index (Phi) is 16.5. The molecule has 0 fully saturated rings. The SMILES string of the molecule is [B][B][B]N.[H-].[H-].[Mg+2]. The van der Waals surface area contributed by atoms with E-state index in [1.165, 1.54) is 14.4 Å². The van der Waals surface area contributed by atoms with Crippen LogP contribution >= 0.6 is 0 Å². The summed E-state index contributed by atoms with van der Waals surface area (Å²) >= 11 is 0. The van der Waals surface area contributed by atoms with Gasteiger partial charge in [-0.15, -0.1) is 0 Å². The van der Waals surface area contributed by atoms with Crippen molar-refractivity contribution in [2.45, 2.75) is 0 Å². The van der Waals surface area contributed by atoms with Crippen LogP contribution in [0.2, 0.25) is 0 Å². The molecule has 0 aliphatic carbocycles. The summed E-state index contributed by atoms with van der Waals surface area (Å²) in [6.07, 6.45) is 0. The van der Waals surface area contributed by atoms with E-state index in [0.29, 0.717) is 0 Å². The molecule has 0 rings (SSSR count). The largest absolute Gasteiger partial charge is 2.00 e. The molecule has 0 atom stereocenters. The van der Waals surface area contributed by atoms with E-state index < -0.39 is 0 Å². The first-order chi connectivity index (χ1) is 1.91. The Labute approximate surface area is 54.1 Å². The van der Waals surface area contributed by atoms with Crippen LogP contribution < -0.4 is 5.64 Å². The van der Waals surface area contributed by atoms with E-state index in [4.69, 9.17) is 13.4 Å².